The lowest BCUT2D eigenvalue weighted by molar-refractivity contribution is -0.385. The first-order chi connectivity index (χ1) is 15.9. The second kappa shape index (κ2) is 9.40. The summed E-state index contributed by atoms with van der Waals surface area (Å²) in [4.78, 5) is 35.1. The summed E-state index contributed by atoms with van der Waals surface area (Å²) in [6.45, 7) is 1.89. The van der Waals surface area contributed by atoms with Gasteiger partial charge in [-0.05, 0) is 25.1 Å². The third-order valence-corrected chi connectivity index (χ3v) is 5.26. The molecule has 33 heavy (non-hydrogen) atoms. The summed E-state index contributed by atoms with van der Waals surface area (Å²) in [5.41, 5.74) is 3.69. The molecule has 1 aliphatic heterocycles. The zero-order valence-electron chi connectivity index (χ0n) is 17.1. The number of anilines is 1. The van der Waals surface area contributed by atoms with Gasteiger partial charge in [0.05, 0.1) is 29.2 Å². The van der Waals surface area contributed by atoms with Crippen molar-refractivity contribution in [3.05, 3.63) is 68.2 Å². The molecule has 4 rings (SSSR count). The van der Waals surface area contributed by atoms with E-state index in [1.807, 2.05) is 19.1 Å². The number of nitrogens with zero attached hydrogens (tertiary/aromatic N) is 4. The molecule has 0 unspecified atom stereocenters. The Morgan fingerprint density at radius 3 is 2.67 bits per heavy atom. The maximum atomic E-state index is 12.2. The third kappa shape index (κ3) is 5.27. The minimum absolute atomic E-state index is 0.0286. The molecule has 1 aliphatic rings. The first kappa shape index (κ1) is 21.8. The van der Waals surface area contributed by atoms with Crippen molar-refractivity contribution in [1.82, 2.24) is 15.6 Å². The predicted octanol–water partition coefficient (Wildman–Crippen LogP) is 2.43. The number of carbonyl (C=O) groups excluding carboxylic acids is 2. The summed E-state index contributed by atoms with van der Waals surface area (Å²) >= 11 is 1.05. The van der Waals surface area contributed by atoms with E-state index in [4.69, 9.17) is 9.47 Å². The Kier molecular flexibility index (Phi) is 6.22. The summed E-state index contributed by atoms with van der Waals surface area (Å²) in [5.74, 6) is -0.230. The number of nitrogens with one attached hydrogen (secondary N) is 2. The second-order valence-corrected chi connectivity index (χ2v) is 7.87. The number of rotatable bonds is 7. The minimum atomic E-state index is -0.585. The van der Waals surface area contributed by atoms with Crippen LogP contribution in [0.3, 0.4) is 0 Å². The molecule has 0 saturated heterocycles. The lowest BCUT2D eigenvalue weighted by Crippen LogP contribution is -2.19. The van der Waals surface area contributed by atoms with Gasteiger partial charge in [-0.15, -0.1) is 10.2 Å². The van der Waals surface area contributed by atoms with Crippen molar-refractivity contribution in [3.63, 3.8) is 0 Å². The van der Waals surface area contributed by atoms with Crippen LogP contribution in [0.25, 0.3) is 0 Å². The van der Waals surface area contributed by atoms with Gasteiger partial charge in [0.2, 0.25) is 17.8 Å². The van der Waals surface area contributed by atoms with Crippen LogP contribution in [0.5, 0.6) is 11.5 Å². The van der Waals surface area contributed by atoms with E-state index >= 15 is 0 Å². The average molecular weight is 468 g/mol. The second-order valence-electron chi connectivity index (χ2n) is 6.81. The van der Waals surface area contributed by atoms with Crippen molar-refractivity contribution >= 4 is 40.2 Å². The smallest absolute Gasteiger partial charge is 0.282 e. The van der Waals surface area contributed by atoms with Crippen LogP contribution in [0.15, 0.2) is 41.5 Å². The van der Waals surface area contributed by atoms with Gasteiger partial charge >= 0.3 is 0 Å². The Morgan fingerprint density at radius 2 is 1.94 bits per heavy atom. The largest absolute Gasteiger partial charge is 0.454 e. The van der Waals surface area contributed by atoms with Crippen LogP contribution < -0.4 is 20.2 Å². The van der Waals surface area contributed by atoms with Crippen molar-refractivity contribution in [2.75, 3.05) is 12.1 Å². The molecule has 0 atom stereocenters. The third-order valence-electron chi connectivity index (χ3n) is 4.42. The highest BCUT2D eigenvalue weighted by Crippen LogP contribution is 2.37. The van der Waals surface area contributed by atoms with Crippen molar-refractivity contribution in [1.29, 1.82) is 0 Å². The molecule has 13 heteroatoms. The number of fused-ring (bicyclic) bond motifs is 1. The Balaban J connectivity index is 1.34. The van der Waals surface area contributed by atoms with E-state index in [1.54, 1.807) is 12.1 Å². The molecule has 0 radical (unpaired) electrons. The summed E-state index contributed by atoms with van der Waals surface area (Å²) < 4.78 is 10.3. The van der Waals surface area contributed by atoms with E-state index in [1.165, 1.54) is 12.1 Å². The summed E-state index contributed by atoms with van der Waals surface area (Å²) in [6, 6.07) is 9.68. The van der Waals surface area contributed by atoms with E-state index in [0.29, 0.717) is 16.3 Å². The molecule has 12 nitrogen and oxygen atoms in total. The minimum Gasteiger partial charge on any atom is -0.454 e. The number of nitro groups is 1. The van der Waals surface area contributed by atoms with E-state index in [-0.39, 0.29) is 41.3 Å². The molecule has 168 valence electrons. The molecule has 0 aliphatic carbocycles. The number of ether oxygens (including phenoxy) is 2. The van der Waals surface area contributed by atoms with Crippen molar-refractivity contribution in [2.24, 2.45) is 5.10 Å². The van der Waals surface area contributed by atoms with Gasteiger partial charge < -0.3 is 9.47 Å². The van der Waals surface area contributed by atoms with E-state index in [9.17, 15) is 19.7 Å². The first-order valence-corrected chi connectivity index (χ1v) is 10.3. The zero-order chi connectivity index (χ0) is 23.4. The monoisotopic (exact) mass is 468 g/mol. The lowest BCUT2D eigenvalue weighted by atomic mass is 10.1. The highest BCUT2D eigenvalue weighted by Gasteiger charge is 2.22. The van der Waals surface area contributed by atoms with Gasteiger partial charge in [0.1, 0.15) is 5.01 Å². The summed E-state index contributed by atoms with van der Waals surface area (Å²) in [6.07, 6.45) is 1.00. The molecular formula is C20H16N6O6S. The van der Waals surface area contributed by atoms with Crippen LogP contribution in [0.1, 0.15) is 26.5 Å². The Morgan fingerprint density at radius 1 is 1.21 bits per heavy atom. The lowest BCUT2D eigenvalue weighted by Gasteiger charge is -2.01. The van der Waals surface area contributed by atoms with Gasteiger partial charge in [0.15, 0.2) is 11.5 Å². The average Bonchev–Trinajstić information content (AvgIpc) is 3.42. The number of carbonyl (C=O) groups is 2. The summed E-state index contributed by atoms with van der Waals surface area (Å²) in [5, 5.41) is 26.0. The van der Waals surface area contributed by atoms with Gasteiger partial charge in [-0.3, -0.25) is 25.0 Å². The number of aryl methyl sites for hydroxylation is 1. The Hall–Kier alpha value is -4.39. The molecule has 0 fully saturated rings. The normalized spacial score (nSPS) is 12.0. The van der Waals surface area contributed by atoms with E-state index in [2.05, 4.69) is 26.0 Å². The van der Waals surface area contributed by atoms with Crippen LogP contribution in [0.4, 0.5) is 10.8 Å². The van der Waals surface area contributed by atoms with Crippen LogP contribution in [-0.4, -0.2) is 39.9 Å². The van der Waals surface area contributed by atoms with Crippen LogP contribution >= 0.6 is 11.3 Å². The fourth-order valence-corrected chi connectivity index (χ4v) is 3.54. The molecular weight excluding hydrogens is 452 g/mol. The van der Waals surface area contributed by atoms with Gasteiger partial charge in [0.25, 0.3) is 11.6 Å². The van der Waals surface area contributed by atoms with Gasteiger partial charge in [0, 0.05) is 5.56 Å². The molecule has 0 bridgehead atoms. The van der Waals surface area contributed by atoms with Gasteiger partial charge in [-0.25, -0.2) is 5.43 Å². The van der Waals surface area contributed by atoms with Crippen molar-refractivity contribution in [2.45, 2.75) is 13.3 Å². The molecule has 2 heterocycles. The maximum absolute atomic E-state index is 12.2. The van der Waals surface area contributed by atoms with Crippen LogP contribution in [0.2, 0.25) is 0 Å². The molecule has 0 saturated carbocycles. The molecule has 2 amide bonds. The standard InChI is InChI=1S/C20H16N6O6S/c1-11-2-4-12(5-3-11)19(28)22-20-25-24-18(33-20)8-17(27)23-21-9-13-6-15-16(32-10-31-15)7-14(13)26(29)30/h2-7,9H,8,10H2,1H3,(H,23,27)(H,22,25,28). The number of hydrogen-bond donors (Lipinski definition) is 2. The molecule has 3 aromatic rings. The van der Waals surface area contributed by atoms with Crippen LogP contribution in [-0.2, 0) is 11.2 Å². The van der Waals surface area contributed by atoms with Crippen molar-refractivity contribution in [3.8, 4) is 11.5 Å². The van der Waals surface area contributed by atoms with E-state index in [0.717, 1.165) is 23.1 Å². The topological polar surface area (TPSA) is 158 Å². The summed E-state index contributed by atoms with van der Waals surface area (Å²) in [7, 11) is 0. The fourth-order valence-electron chi connectivity index (χ4n) is 2.81. The quantitative estimate of drug-likeness (QED) is 0.304. The number of benzene rings is 2. The van der Waals surface area contributed by atoms with Gasteiger partial charge in [-0.1, -0.05) is 29.0 Å². The van der Waals surface area contributed by atoms with Crippen LogP contribution in [0, 0.1) is 17.0 Å². The Bertz CT molecular complexity index is 1260. The highest BCUT2D eigenvalue weighted by atomic mass is 32.1. The number of hydrogen-bond acceptors (Lipinski definition) is 10. The predicted molar refractivity (Wildman–Crippen MR) is 118 cm³/mol. The van der Waals surface area contributed by atoms with E-state index < -0.39 is 10.8 Å². The Labute approximate surface area is 190 Å². The number of nitro benzene ring substituents is 1. The SMILES string of the molecule is Cc1ccc(C(=O)Nc2nnc(CC(=O)NN=Cc3cc4c(cc3[N+](=O)[O-])OCO4)s2)cc1. The fraction of sp³-hybridized carbons (Fsp3) is 0.150. The first-order valence-electron chi connectivity index (χ1n) is 9.49. The zero-order valence-corrected chi connectivity index (χ0v) is 17.9. The molecule has 0 spiro atoms. The molecule has 2 N–H and O–H groups in total. The molecule has 1 aromatic heterocycles. The number of aromatic nitrogens is 2. The number of hydrazone groups is 1. The van der Waals surface area contributed by atoms with Gasteiger partial charge in [-0.2, -0.15) is 5.10 Å². The highest BCUT2D eigenvalue weighted by molar-refractivity contribution is 7.15. The maximum Gasteiger partial charge on any atom is 0.282 e. The van der Waals surface area contributed by atoms with Crippen molar-refractivity contribution < 1.29 is 24.0 Å². The number of amides is 2. The molecule has 2 aromatic carbocycles.